The fourth-order valence-electron chi connectivity index (χ4n) is 3.12. The molecule has 2 N–H and O–H groups in total. The second-order valence-electron chi connectivity index (χ2n) is 5.99. The predicted molar refractivity (Wildman–Crippen MR) is 78.6 cm³/mol. The third-order valence-corrected chi connectivity index (χ3v) is 4.59. The largest absolute Gasteiger partial charge is 0.481 e. The molecule has 3 rings (SSSR count). The number of nitrogens with zero attached hydrogens (tertiary/aromatic N) is 1. The Morgan fingerprint density at radius 1 is 1.24 bits per heavy atom. The van der Waals surface area contributed by atoms with Gasteiger partial charge >= 0.3 is 5.97 Å². The van der Waals surface area contributed by atoms with E-state index >= 15 is 0 Å². The van der Waals surface area contributed by atoms with E-state index in [-0.39, 0.29) is 11.9 Å². The normalized spacial score (nSPS) is 25.6. The van der Waals surface area contributed by atoms with Gasteiger partial charge in [0, 0.05) is 18.3 Å². The lowest BCUT2D eigenvalue weighted by Gasteiger charge is -2.29. The Kier molecular flexibility index (Phi) is 3.93. The van der Waals surface area contributed by atoms with Gasteiger partial charge in [0.1, 0.15) is 5.69 Å². The summed E-state index contributed by atoms with van der Waals surface area (Å²) >= 11 is 6.01. The number of carbonyl (C=O) groups excluding carboxylic acids is 1. The van der Waals surface area contributed by atoms with Crippen LogP contribution in [0.4, 0.5) is 0 Å². The molecule has 0 aliphatic heterocycles. The summed E-state index contributed by atoms with van der Waals surface area (Å²) < 4.78 is 1.91. The van der Waals surface area contributed by atoms with Crippen LogP contribution in [0, 0.1) is 5.92 Å². The van der Waals surface area contributed by atoms with E-state index in [0.717, 1.165) is 32.1 Å². The molecule has 2 atom stereocenters. The highest BCUT2D eigenvalue weighted by Crippen LogP contribution is 2.37. The van der Waals surface area contributed by atoms with Crippen LogP contribution in [0.25, 0.3) is 0 Å². The Morgan fingerprint density at radius 2 is 1.95 bits per heavy atom. The molecule has 2 fully saturated rings. The van der Waals surface area contributed by atoms with E-state index in [4.69, 9.17) is 11.6 Å². The van der Waals surface area contributed by atoms with Gasteiger partial charge in [-0.05, 0) is 31.7 Å². The summed E-state index contributed by atoms with van der Waals surface area (Å²) in [5.74, 6) is -1.52. The fourth-order valence-corrected chi connectivity index (χ4v) is 3.33. The SMILES string of the molecule is O=C(NC1CCCCC1C(=O)O)c1cc(Cl)cn1C1CC1. The van der Waals surface area contributed by atoms with Gasteiger partial charge in [-0.2, -0.15) is 0 Å². The van der Waals surface area contributed by atoms with Crippen LogP contribution >= 0.6 is 11.6 Å². The number of carboxylic acids is 1. The maximum absolute atomic E-state index is 12.5. The zero-order chi connectivity index (χ0) is 15.0. The van der Waals surface area contributed by atoms with Gasteiger partial charge in [-0.25, -0.2) is 0 Å². The van der Waals surface area contributed by atoms with Crippen LogP contribution in [0.3, 0.4) is 0 Å². The van der Waals surface area contributed by atoms with E-state index in [1.807, 2.05) is 4.57 Å². The minimum absolute atomic E-state index is 0.216. The smallest absolute Gasteiger partial charge is 0.308 e. The molecule has 21 heavy (non-hydrogen) atoms. The molecule has 1 heterocycles. The van der Waals surface area contributed by atoms with Crippen molar-refractivity contribution in [2.45, 2.75) is 50.6 Å². The molecule has 1 amide bonds. The van der Waals surface area contributed by atoms with Crippen molar-refractivity contribution in [2.75, 3.05) is 0 Å². The molecular weight excluding hydrogens is 292 g/mol. The molecule has 2 unspecified atom stereocenters. The number of carboxylic acid groups (broad SMARTS) is 1. The first-order chi connectivity index (χ1) is 10.1. The average molecular weight is 311 g/mol. The number of hydrogen-bond donors (Lipinski definition) is 2. The number of halogens is 1. The summed E-state index contributed by atoms with van der Waals surface area (Å²) in [6.45, 7) is 0. The van der Waals surface area contributed by atoms with E-state index in [9.17, 15) is 14.7 Å². The van der Waals surface area contributed by atoms with E-state index in [2.05, 4.69) is 5.32 Å². The van der Waals surface area contributed by atoms with Crippen LogP contribution in [0.5, 0.6) is 0 Å². The number of nitrogens with one attached hydrogen (secondary N) is 1. The van der Waals surface area contributed by atoms with Crippen LogP contribution in [0.2, 0.25) is 5.02 Å². The number of hydrogen-bond acceptors (Lipinski definition) is 2. The van der Waals surface area contributed by atoms with Gasteiger partial charge in [0.25, 0.3) is 5.91 Å². The average Bonchev–Trinajstić information content (AvgIpc) is 3.21. The number of aromatic nitrogens is 1. The highest BCUT2D eigenvalue weighted by molar-refractivity contribution is 6.31. The second kappa shape index (κ2) is 5.72. The van der Waals surface area contributed by atoms with Crippen molar-refractivity contribution in [3.8, 4) is 0 Å². The molecule has 0 spiro atoms. The van der Waals surface area contributed by atoms with E-state index in [1.54, 1.807) is 12.3 Å². The maximum Gasteiger partial charge on any atom is 0.308 e. The predicted octanol–water partition coefficient (Wildman–Crippen LogP) is 2.85. The molecule has 0 bridgehead atoms. The summed E-state index contributed by atoms with van der Waals surface area (Å²) in [7, 11) is 0. The van der Waals surface area contributed by atoms with Gasteiger partial charge in [-0.1, -0.05) is 24.4 Å². The lowest BCUT2D eigenvalue weighted by atomic mass is 9.84. The molecule has 0 saturated heterocycles. The zero-order valence-electron chi connectivity index (χ0n) is 11.7. The molecule has 2 saturated carbocycles. The van der Waals surface area contributed by atoms with Gasteiger partial charge in [0.05, 0.1) is 10.9 Å². The fraction of sp³-hybridized carbons (Fsp3) is 0.600. The molecule has 6 heteroatoms. The summed E-state index contributed by atoms with van der Waals surface area (Å²) in [5.41, 5.74) is 0.539. The summed E-state index contributed by atoms with van der Waals surface area (Å²) in [6, 6.07) is 1.73. The van der Waals surface area contributed by atoms with Gasteiger partial charge in [0.15, 0.2) is 0 Å². The maximum atomic E-state index is 12.5. The molecule has 114 valence electrons. The van der Waals surface area contributed by atoms with Crippen molar-refractivity contribution >= 4 is 23.5 Å². The summed E-state index contributed by atoms with van der Waals surface area (Å²) in [5, 5.41) is 12.7. The van der Waals surface area contributed by atoms with Crippen LogP contribution in [-0.4, -0.2) is 27.6 Å². The number of amides is 1. The summed E-state index contributed by atoms with van der Waals surface area (Å²) in [6.07, 6.45) is 7.13. The molecule has 1 aromatic rings. The van der Waals surface area contributed by atoms with Crippen LogP contribution in [0.1, 0.15) is 55.1 Å². The first-order valence-electron chi connectivity index (χ1n) is 7.47. The molecule has 5 nitrogen and oxygen atoms in total. The first kappa shape index (κ1) is 14.4. The van der Waals surface area contributed by atoms with E-state index in [0.29, 0.717) is 23.2 Å². The number of rotatable bonds is 4. The topological polar surface area (TPSA) is 71.3 Å². The Labute approximate surface area is 128 Å². The van der Waals surface area contributed by atoms with Gasteiger partial charge < -0.3 is 15.0 Å². The Morgan fingerprint density at radius 3 is 2.62 bits per heavy atom. The Hall–Kier alpha value is -1.49. The first-order valence-corrected chi connectivity index (χ1v) is 7.85. The van der Waals surface area contributed by atoms with Crippen molar-refractivity contribution in [2.24, 2.45) is 5.92 Å². The third-order valence-electron chi connectivity index (χ3n) is 4.39. The standard InChI is InChI=1S/C15H19ClN2O3/c16-9-7-13(18(8-9)10-5-6-10)14(19)17-12-4-2-1-3-11(12)15(20)21/h7-8,10-12H,1-6H2,(H,17,19)(H,20,21). The van der Waals surface area contributed by atoms with E-state index < -0.39 is 11.9 Å². The van der Waals surface area contributed by atoms with E-state index in [1.165, 1.54) is 0 Å². The third kappa shape index (κ3) is 3.07. The molecule has 0 aromatic carbocycles. The van der Waals surface area contributed by atoms with Crippen molar-refractivity contribution in [3.63, 3.8) is 0 Å². The van der Waals surface area contributed by atoms with Crippen molar-refractivity contribution in [3.05, 3.63) is 23.0 Å². The lowest BCUT2D eigenvalue weighted by molar-refractivity contribution is -0.143. The molecule has 2 aliphatic rings. The minimum Gasteiger partial charge on any atom is -0.481 e. The van der Waals surface area contributed by atoms with Gasteiger partial charge in [-0.3, -0.25) is 9.59 Å². The molecule has 0 radical (unpaired) electrons. The Balaban J connectivity index is 1.74. The number of aliphatic carboxylic acids is 1. The van der Waals surface area contributed by atoms with Crippen molar-refractivity contribution in [1.82, 2.24) is 9.88 Å². The summed E-state index contributed by atoms with van der Waals surface area (Å²) in [4.78, 5) is 23.8. The van der Waals surface area contributed by atoms with Crippen LogP contribution in [-0.2, 0) is 4.79 Å². The van der Waals surface area contributed by atoms with Crippen molar-refractivity contribution < 1.29 is 14.7 Å². The van der Waals surface area contributed by atoms with Crippen molar-refractivity contribution in [1.29, 1.82) is 0 Å². The molecular formula is C15H19ClN2O3. The van der Waals surface area contributed by atoms with Crippen LogP contribution < -0.4 is 5.32 Å². The van der Waals surface area contributed by atoms with Crippen LogP contribution in [0.15, 0.2) is 12.3 Å². The van der Waals surface area contributed by atoms with Gasteiger partial charge in [0.2, 0.25) is 0 Å². The zero-order valence-corrected chi connectivity index (χ0v) is 12.5. The van der Waals surface area contributed by atoms with Gasteiger partial charge in [-0.15, -0.1) is 0 Å². The minimum atomic E-state index is -0.824. The molecule has 1 aromatic heterocycles. The Bertz CT molecular complexity index is 565. The quantitative estimate of drug-likeness (QED) is 0.898. The second-order valence-corrected chi connectivity index (χ2v) is 6.43. The molecule has 2 aliphatic carbocycles. The lowest BCUT2D eigenvalue weighted by Crippen LogP contribution is -2.45. The number of carbonyl (C=O) groups is 2. The highest BCUT2D eigenvalue weighted by Gasteiger charge is 2.33. The monoisotopic (exact) mass is 310 g/mol. The highest BCUT2D eigenvalue weighted by atomic mass is 35.5.